The number of rotatable bonds is 5. The van der Waals surface area contributed by atoms with Crippen LogP contribution in [0.15, 0.2) is 18.2 Å². The molecule has 11 heteroatoms. The number of benzene rings is 1. The van der Waals surface area contributed by atoms with Gasteiger partial charge >= 0.3 is 0 Å². The van der Waals surface area contributed by atoms with Gasteiger partial charge < -0.3 is 15.5 Å². The van der Waals surface area contributed by atoms with Crippen molar-refractivity contribution >= 4 is 34.9 Å². The van der Waals surface area contributed by atoms with Crippen LogP contribution in [0.2, 0.25) is 5.02 Å². The van der Waals surface area contributed by atoms with Crippen LogP contribution >= 0.6 is 11.6 Å². The molecule has 2 N–H and O–H groups in total. The van der Waals surface area contributed by atoms with Crippen molar-refractivity contribution in [3.8, 4) is 0 Å². The van der Waals surface area contributed by atoms with Crippen LogP contribution in [0.4, 0.5) is 23.3 Å². The topological polar surface area (TPSA) is 118 Å². The van der Waals surface area contributed by atoms with Crippen molar-refractivity contribution in [1.29, 1.82) is 0 Å². The molecule has 1 fully saturated rings. The van der Waals surface area contributed by atoms with Crippen LogP contribution in [0.3, 0.4) is 0 Å². The minimum atomic E-state index is -0.396. The molecule has 1 aliphatic rings. The number of nitro benzene ring substituents is 1. The van der Waals surface area contributed by atoms with Crippen molar-refractivity contribution in [2.24, 2.45) is 0 Å². The molecule has 150 valence electrons. The van der Waals surface area contributed by atoms with Crippen LogP contribution in [0.5, 0.6) is 0 Å². The van der Waals surface area contributed by atoms with Crippen LogP contribution in [-0.4, -0.2) is 65.0 Å². The minimum absolute atomic E-state index is 0.0230. The average Bonchev–Trinajstić information content (AvgIpc) is 2.67. The smallest absolute Gasteiger partial charge is 0.294 e. The summed E-state index contributed by atoms with van der Waals surface area (Å²) in [6.07, 6.45) is 0. The van der Waals surface area contributed by atoms with E-state index in [1.54, 1.807) is 17.0 Å². The van der Waals surface area contributed by atoms with Gasteiger partial charge in [-0.25, -0.2) is 0 Å². The summed E-state index contributed by atoms with van der Waals surface area (Å²) in [6, 6.07) is 4.72. The molecule has 0 bridgehead atoms. The van der Waals surface area contributed by atoms with Crippen molar-refractivity contribution in [3.05, 3.63) is 39.2 Å². The summed E-state index contributed by atoms with van der Waals surface area (Å²) < 4.78 is 0. The van der Waals surface area contributed by atoms with Crippen molar-refractivity contribution in [2.45, 2.75) is 13.0 Å². The highest BCUT2D eigenvalue weighted by Crippen LogP contribution is 2.32. The fraction of sp³-hybridized carbons (Fsp3) is 0.471. The number of aromatic nitrogens is 3. The van der Waals surface area contributed by atoms with Crippen LogP contribution in [0, 0.1) is 10.1 Å². The Bertz CT molecular complexity index is 870. The van der Waals surface area contributed by atoms with Gasteiger partial charge in [0.05, 0.1) is 11.0 Å². The zero-order valence-electron chi connectivity index (χ0n) is 16.0. The van der Waals surface area contributed by atoms with Crippen LogP contribution < -0.4 is 15.5 Å². The van der Waals surface area contributed by atoms with E-state index in [1.165, 1.54) is 6.07 Å². The van der Waals surface area contributed by atoms with E-state index < -0.39 is 4.92 Å². The standard InChI is InChI=1S/C17H23ClN8O2/c1-11(15-20-16(19)22-17(21-15)23(2)3)24-6-8-25(9-7-24)13-5-4-12(18)10-14(13)26(27)28/h4-5,10-11H,6-9H2,1-3H3,(H2,19,20,21,22). The summed E-state index contributed by atoms with van der Waals surface area (Å²) in [5.74, 6) is 1.32. The van der Waals surface area contributed by atoms with E-state index in [4.69, 9.17) is 17.3 Å². The molecule has 28 heavy (non-hydrogen) atoms. The molecule has 3 rings (SSSR count). The summed E-state index contributed by atoms with van der Waals surface area (Å²) in [7, 11) is 3.70. The van der Waals surface area contributed by atoms with Crippen molar-refractivity contribution < 1.29 is 4.92 Å². The molecule has 1 atom stereocenters. The van der Waals surface area contributed by atoms with E-state index in [1.807, 2.05) is 25.9 Å². The SMILES string of the molecule is CC(c1nc(N)nc(N(C)C)n1)N1CCN(c2ccc(Cl)cc2[N+](=O)[O-])CC1. The van der Waals surface area contributed by atoms with Gasteiger partial charge in [-0.15, -0.1) is 0 Å². The van der Waals surface area contributed by atoms with Gasteiger partial charge in [0.1, 0.15) is 5.69 Å². The first-order chi connectivity index (χ1) is 13.3. The molecular formula is C17H23ClN8O2. The summed E-state index contributed by atoms with van der Waals surface area (Å²) >= 11 is 5.92. The monoisotopic (exact) mass is 406 g/mol. The lowest BCUT2D eigenvalue weighted by Crippen LogP contribution is -2.47. The van der Waals surface area contributed by atoms with Gasteiger partial charge in [0.2, 0.25) is 11.9 Å². The molecule has 0 aliphatic carbocycles. The Morgan fingerprint density at radius 3 is 2.50 bits per heavy atom. The third kappa shape index (κ3) is 4.23. The van der Waals surface area contributed by atoms with Crippen molar-refractivity contribution in [3.63, 3.8) is 0 Å². The molecule has 1 aromatic carbocycles. The predicted octanol–water partition coefficient (Wildman–Crippen LogP) is 1.96. The molecule has 1 aliphatic heterocycles. The fourth-order valence-corrected chi connectivity index (χ4v) is 3.37. The van der Waals surface area contributed by atoms with E-state index in [0.717, 1.165) is 0 Å². The second-order valence-corrected chi connectivity index (χ2v) is 7.27. The zero-order chi connectivity index (χ0) is 20.4. The molecular weight excluding hydrogens is 384 g/mol. The van der Waals surface area contributed by atoms with Crippen LogP contribution in [-0.2, 0) is 0 Å². The summed E-state index contributed by atoms with van der Waals surface area (Å²) in [4.78, 5) is 29.9. The van der Waals surface area contributed by atoms with E-state index in [0.29, 0.717) is 48.7 Å². The number of nitrogens with two attached hydrogens (primary N) is 1. The molecule has 0 amide bonds. The Labute approximate surface area is 168 Å². The van der Waals surface area contributed by atoms with Crippen LogP contribution in [0.25, 0.3) is 0 Å². The largest absolute Gasteiger partial charge is 0.368 e. The van der Waals surface area contributed by atoms with Crippen LogP contribution in [0.1, 0.15) is 18.8 Å². The molecule has 1 unspecified atom stereocenters. The van der Waals surface area contributed by atoms with Gasteiger partial charge in [-0.05, 0) is 19.1 Å². The van der Waals surface area contributed by atoms with Gasteiger partial charge in [0.15, 0.2) is 5.82 Å². The Kier molecular flexibility index (Phi) is 5.80. The molecule has 0 saturated carbocycles. The summed E-state index contributed by atoms with van der Waals surface area (Å²) in [6.45, 7) is 4.74. The number of anilines is 3. The van der Waals surface area contributed by atoms with Gasteiger partial charge in [-0.1, -0.05) is 11.6 Å². The molecule has 1 aromatic heterocycles. The van der Waals surface area contributed by atoms with Gasteiger partial charge in [0, 0.05) is 51.4 Å². The van der Waals surface area contributed by atoms with E-state index >= 15 is 0 Å². The van der Waals surface area contributed by atoms with Crippen molar-refractivity contribution in [1.82, 2.24) is 19.9 Å². The lowest BCUT2D eigenvalue weighted by molar-refractivity contribution is -0.384. The second kappa shape index (κ2) is 8.11. The Morgan fingerprint density at radius 1 is 1.21 bits per heavy atom. The lowest BCUT2D eigenvalue weighted by atomic mass is 10.2. The molecule has 2 heterocycles. The molecule has 10 nitrogen and oxygen atoms in total. The average molecular weight is 407 g/mol. The van der Waals surface area contributed by atoms with Crippen molar-refractivity contribution in [2.75, 3.05) is 55.8 Å². The first kappa shape index (κ1) is 20.0. The van der Waals surface area contributed by atoms with E-state index in [9.17, 15) is 10.1 Å². The number of nitrogens with zero attached hydrogens (tertiary/aromatic N) is 7. The van der Waals surface area contributed by atoms with E-state index in [2.05, 4.69) is 19.9 Å². The normalized spacial score (nSPS) is 16.1. The number of hydrogen-bond acceptors (Lipinski definition) is 9. The third-order valence-electron chi connectivity index (χ3n) is 4.77. The summed E-state index contributed by atoms with van der Waals surface area (Å²) in [5.41, 5.74) is 6.44. The number of nitrogen functional groups attached to an aromatic ring is 1. The second-order valence-electron chi connectivity index (χ2n) is 6.84. The number of hydrogen-bond donors (Lipinski definition) is 1. The van der Waals surface area contributed by atoms with Gasteiger partial charge in [-0.2, -0.15) is 15.0 Å². The first-order valence-electron chi connectivity index (χ1n) is 8.88. The maximum absolute atomic E-state index is 11.4. The highest BCUT2D eigenvalue weighted by atomic mass is 35.5. The molecule has 0 spiro atoms. The Morgan fingerprint density at radius 2 is 1.89 bits per heavy atom. The maximum atomic E-state index is 11.4. The Balaban J connectivity index is 1.73. The quantitative estimate of drug-likeness (QED) is 0.587. The predicted molar refractivity (Wildman–Crippen MR) is 109 cm³/mol. The number of piperazine rings is 1. The van der Waals surface area contributed by atoms with Gasteiger partial charge in [-0.3, -0.25) is 15.0 Å². The molecule has 1 saturated heterocycles. The van der Waals surface area contributed by atoms with Gasteiger partial charge in [0.25, 0.3) is 5.69 Å². The molecule has 2 aromatic rings. The maximum Gasteiger partial charge on any atom is 0.294 e. The highest BCUT2D eigenvalue weighted by molar-refractivity contribution is 6.30. The summed E-state index contributed by atoms with van der Waals surface area (Å²) in [5, 5.41) is 11.7. The Hall–Kier alpha value is -2.72. The third-order valence-corrected chi connectivity index (χ3v) is 5.00. The fourth-order valence-electron chi connectivity index (χ4n) is 3.21. The molecule has 0 radical (unpaired) electrons. The van der Waals surface area contributed by atoms with E-state index in [-0.39, 0.29) is 17.7 Å². The number of nitro groups is 1. The first-order valence-corrected chi connectivity index (χ1v) is 9.25. The zero-order valence-corrected chi connectivity index (χ0v) is 16.8. The minimum Gasteiger partial charge on any atom is -0.368 e. The number of halogens is 1. The highest BCUT2D eigenvalue weighted by Gasteiger charge is 2.28. The lowest BCUT2D eigenvalue weighted by Gasteiger charge is -2.38.